The number of ether oxygens (including phenoxy) is 1. The summed E-state index contributed by atoms with van der Waals surface area (Å²) in [5.74, 6) is 1.44. The predicted molar refractivity (Wildman–Crippen MR) is 106 cm³/mol. The normalized spacial score (nSPS) is 17.1. The molecule has 0 radical (unpaired) electrons. The van der Waals surface area contributed by atoms with E-state index in [1.807, 2.05) is 12.1 Å². The van der Waals surface area contributed by atoms with Gasteiger partial charge in [-0.1, -0.05) is 26.0 Å². The topological polar surface area (TPSA) is 56.8 Å². The molecule has 6 heteroatoms. The molecule has 0 bridgehead atoms. The second-order valence-corrected chi connectivity index (χ2v) is 7.45. The van der Waals surface area contributed by atoms with Crippen LogP contribution in [-0.2, 0) is 0 Å². The third-order valence-corrected chi connectivity index (χ3v) is 4.94. The number of benzene rings is 1. The number of hydrogen-bond donors (Lipinski definition) is 2. The fourth-order valence-electron chi connectivity index (χ4n) is 3.14. The van der Waals surface area contributed by atoms with Gasteiger partial charge in [-0.2, -0.15) is 0 Å². The lowest BCUT2D eigenvalue weighted by Crippen LogP contribution is -2.49. The molecule has 1 aromatic rings. The third-order valence-electron chi connectivity index (χ3n) is 4.94. The van der Waals surface area contributed by atoms with Crippen molar-refractivity contribution in [1.29, 1.82) is 0 Å². The van der Waals surface area contributed by atoms with Crippen LogP contribution >= 0.6 is 0 Å². The number of urea groups is 1. The van der Waals surface area contributed by atoms with Gasteiger partial charge in [-0.05, 0) is 37.1 Å². The number of rotatable bonds is 8. The quantitative estimate of drug-likeness (QED) is 0.745. The van der Waals surface area contributed by atoms with Crippen LogP contribution < -0.4 is 15.4 Å². The summed E-state index contributed by atoms with van der Waals surface area (Å²) < 4.78 is 5.27. The highest BCUT2D eigenvalue weighted by Gasteiger charge is 2.24. The predicted octanol–water partition coefficient (Wildman–Crippen LogP) is 2.33. The Hall–Kier alpha value is -1.79. The van der Waals surface area contributed by atoms with E-state index in [0.717, 1.165) is 38.3 Å². The first-order valence-corrected chi connectivity index (χ1v) is 9.58. The van der Waals surface area contributed by atoms with Crippen LogP contribution in [0.5, 0.6) is 5.75 Å². The molecular formula is C20H34N4O2. The molecule has 2 amide bonds. The number of carbonyl (C=O) groups is 1. The van der Waals surface area contributed by atoms with Gasteiger partial charge in [0.2, 0.25) is 0 Å². The van der Waals surface area contributed by atoms with Gasteiger partial charge in [0.05, 0.1) is 13.2 Å². The van der Waals surface area contributed by atoms with Gasteiger partial charge < -0.3 is 20.3 Å². The zero-order valence-electron chi connectivity index (χ0n) is 16.6. The second kappa shape index (κ2) is 10.4. The van der Waals surface area contributed by atoms with E-state index in [2.05, 4.69) is 53.5 Å². The van der Waals surface area contributed by atoms with Gasteiger partial charge in [-0.15, -0.1) is 0 Å². The summed E-state index contributed by atoms with van der Waals surface area (Å²) in [5, 5.41) is 6.01. The molecule has 1 unspecified atom stereocenters. The lowest BCUT2D eigenvalue weighted by Gasteiger charge is -2.38. The van der Waals surface area contributed by atoms with Gasteiger partial charge in [0.1, 0.15) is 5.75 Å². The van der Waals surface area contributed by atoms with E-state index in [-0.39, 0.29) is 12.1 Å². The molecule has 1 aromatic carbocycles. The van der Waals surface area contributed by atoms with Gasteiger partial charge in [-0.25, -0.2) is 4.79 Å². The van der Waals surface area contributed by atoms with E-state index in [1.54, 1.807) is 7.11 Å². The van der Waals surface area contributed by atoms with Crippen molar-refractivity contribution in [3.63, 3.8) is 0 Å². The Kier molecular flexibility index (Phi) is 8.19. The van der Waals surface area contributed by atoms with Crippen molar-refractivity contribution in [2.75, 3.05) is 53.4 Å². The van der Waals surface area contributed by atoms with Gasteiger partial charge in [-0.3, -0.25) is 4.90 Å². The minimum atomic E-state index is -0.0849. The molecule has 2 N–H and O–H groups in total. The monoisotopic (exact) mass is 362 g/mol. The van der Waals surface area contributed by atoms with Crippen LogP contribution in [0.15, 0.2) is 24.3 Å². The largest absolute Gasteiger partial charge is 0.497 e. The molecule has 0 saturated carbocycles. The van der Waals surface area contributed by atoms with Crippen molar-refractivity contribution >= 4 is 6.03 Å². The first-order valence-electron chi connectivity index (χ1n) is 9.58. The molecule has 0 aliphatic carbocycles. The number of carbonyl (C=O) groups excluding carboxylic acids is 1. The standard InChI is InChI=1S/C20H34N4O2/c1-16(2)9-10-21-20(25)22-15-19(24-13-11-23(3)12-14-24)17-5-7-18(26-4)8-6-17/h5-8,16,19H,9-15H2,1-4H3,(H2,21,22,25). The molecule has 26 heavy (non-hydrogen) atoms. The number of methoxy groups -OCH3 is 1. The van der Waals surface area contributed by atoms with E-state index in [9.17, 15) is 4.79 Å². The number of piperazine rings is 1. The molecule has 2 rings (SSSR count). The Bertz CT molecular complexity index is 539. The molecule has 0 aromatic heterocycles. The maximum absolute atomic E-state index is 12.1. The smallest absolute Gasteiger partial charge is 0.314 e. The first kappa shape index (κ1) is 20.5. The fraction of sp³-hybridized carbons (Fsp3) is 0.650. The Balaban J connectivity index is 1.97. The molecule has 1 aliphatic heterocycles. The highest BCUT2D eigenvalue weighted by molar-refractivity contribution is 5.73. The Morgan fingerprint density at radius 3 is 2.35 bits per heavy atom. The average molecular weight is 363 g/mol. The Labute approximate surface area is 157 Å². The van der Waals surface area contributed by atoms with Crippen molar-refractivity contribution in [3.05, 3.63) is 29.8 Å². The summed E-state index contributed by atoms with van der Waals surface area (Å²) in [7, 11) is 3.83. The maximum Gasteiger partial charge on any atom is 0.314 e. The molecule has 1 fully saturated rings. The van der Waals surface area contributed by atoms with Crippen molar-refractivity contribution in [2.24, 2.45) is 5.92 Å². The highest BCUT2D eigenvalue weighted by atomic mass is 16.5. The Morgan fingerprint density at radius 1 is 1.12 bits per heavy atom. The summed E-state index contributed by atoms with van der Waals surface area (Å²) in [6.45, 7) is 9.74. The second-order valence-electron chi connectivity index (χ2n) is 7.45. The number of nitrogens with one attached hydrogen (secondary N) is 2. The Morgan fingerprint density at radius 2 is 1.77 bits per heavy atom. The van der Waals surface area contributed by atoms with Gasteiger partial charge in [0.25, 0.3) is 0 Å². The summed E-state index contributed by atoms with van der Waals surface area (Å²) in [6.07, 6.45) is 0.994. The van der Waals surface area contributed by atoms with E-state index in [0.29, 0.717) is 19.0 Å². The SMILES string of the molecule is COc1ccc(C(CNC(=O)NCCC(C)C)N2CCN(C)CC2)cc1. The summed E-state index contributed by atoms with van der Waals surface area (Å²) in [6, 6.07) is 8.26. The van der Waals surface area contributed by atoms with Crippen LogP contribution in [0.3, 0.4) is 0 Å². The summed E-state index contributed by atoms with van der Waals surface area (Å²) in [5.41, 5.74) is 1.21. The summed E-state index contributed by atoms with van der Waals surface area (Å²) in [4.78, 5) is 16.9. The zero-order valence-corrected chi connectivity index (χ0v) is 16.6. The zero-order chi connectivity index (χ0) is 18.9. The average Bonchev–Trinajstić information content (AvgIpc) is 2.63. The highest BCUT2D eigenvalue weighted by Crippen LogP contribution is 2.23. The van der Waals surface area contributed by atoms with Crippen molar-refractivity contribution in [2.45, 2.75) is 26.3 Å². The van der Waals surface area contributed by atoms with Gasteiger partial charge in [0, 0.05) is 39.3 Å². The minimum Gasteiger partial charge on any atom is -0.497 e. The van der Waals surface area contributed by atoms with Crippen molar-refractivity contribution < 1.29 is 9.53 Å². The fourth-order valence-corrected chi connectivity index (χ4v) is 3.14. The van der Waals surface area contributed by atoms with Crippen molar-refractivity contribution in [3.8, 4) is 5.75 Å². The third kappa shape index (κ3) is 6.50. The molecule has 146 valence electrons. The number of amides is 2. The van der Waals surface area contributed by atoms with Crippen LogP contribution in [0, 0.1) is 5.92 Å². The van der Waals surface area contributed by atoms with Gasteiger partial charge in [0.15, 0.2) is 0 Å². The number of hydrogen-bond acceptors (Lipinski definition) is 4. The minimum absolute atomic E-state index is 0.0849. The molecule has 0 spiro atoms. The van der Waals surface area contributed by atoms with Crippen LogP contribution in [0.25, 0.3) is 0 Å². The molecule has 1 atom stereocenters. The van der Waals surface area contributed by atoms with Crippen LogP contribution in [0.2, 0.25) is 0 Å². The van der Waals surface area contributed by atoms with Crippen LogP contribution in [0.4, 0.5) is 4.79 Å². The summed E-state index contributed by atoms with van der Waals surface area (Å²) >= 11 is 0. The van der Waals surface area contributed by atoms with E-state index < -0.39 is 0 Å². The van der Waals surface area contributed by atoms with Crippen LogP contribution in [-0.4, -0.2) is 69.3 Å². The van der Waals surface area contributed by atoms with E-state index in [4.69, 9.17) is 4.74 Å². The molecule has 1 heterocycles. The lowest BCUT2D eigenvalue weighted by atomic mass is 10.0. The van der Waals surface area contributed by atoms with Crippen LogP contribution in [0.1, 0.15) is 31.9 Å². The van der Waals surface area contributed by atoms with Gasteiger partial charge >= 0.3 is 6.03 Å². The molecule has 1 saturated heterocycles. The van der Waals surface area contributed by atoms with E-state index >= 15 is 0 Å². The first-order chi connectivity index (χ1) is 12.5. The van der Waals surface area contributed by atoms with E-state index in [1.165, 1.54) is 5.56 Å². The molecule has 6 nitrogen and oxygen atoms in total. The maximum atomic E-state index is 12.1. The number of nitrogens with zero attached hydrogens (tertiary/aromatic N) is 2. The molecule has 1 aliphatic rings. The number of likely N-dealkylation sites (N-methyl/N-ethyl adjacent to an activating group) is 1. The van der Waals surface area contributed by atoms with Crippen molar-refractivity contribution in [1.82, 2.24) is 20.4 Å². The molecular weight excluding hydrogens is 328 g/mol. The lowest BCUT2D eigenvalue weighted by molar-refractivity contribution is 0.111.